The van der Waals surface area contributed by atoms with Gasteiger partial charge in [0.15, 0.2) is 5.95 Å². The Kier molecular flexibility index (Phi) is 5.48. The average Bonchev–Trinajstić information content (AvgIpc) is 2.77. The summed E-state index contributed by atoms with van der Waals surface area (Å²) in [6.07, 6.45) is 4.99. The molecule has 0 bridgehead atoms. The summed E-state index contributed by atoms with van der Waals surface area (Å²) in [6, 6.07) is 14.5. The molecule has 0 atom stereocenters. The molecule has 0 unspecified atom stereocenters. The predicted octanol–water partition coefficient (Wildman–Crippen LogP) is 1.94. The van der Waals surface area contributed by atoms with Crippen LogP contribution >= 0.6 is 0 Å². The first-order valence-electron chi connectivity index (χ1n) is 9.50. The zero-order valence-corrected chi connectivity index (χ0v) is 16.8. The number of rotatable bonds is 4. The van der Waals surface area contributed by atoms with E-state index in [0.717, 1.165) is 11.1 Å². The lowest BCUT2D eigenvalue weighted by Gasteiger charge is -2.12. The maximum Gasteiger partial charge on any atom is 0.250 e. The van der Waals surface area contributed by atoms with Gasteiger partial charge in [-0.3, -0.25) is 10.2 Å². The van der Waals surface area contributed by atoms with Crippen LogP contribution in [-0.2, 0) is 13.5 Å². The summed E-state index contributed by atoms with van der Waals surface area (Å²) in [5.41, 5.74) is 9.78. The molecular weight excluding hydrogens is 392 g/mol. The third kappa shape index (κ3) is 4.45. The van der Waals surface area contributed by atoms with Gasteiger partial charge in [0.05, 0.1) is 17.0 Å². The maximum absolute atomic E-state index is 11.9. The number of nitrogens with one attached hydrogen (secondary N) is 2. The molecule has 3 heterocycles. The summed E-state index contributed by atoms with van der Waals surface area (Å²) >= 11 is 0. The Morgan fingerprint density at radius 1 is 1.16 bits per heavy atom. The largest absolute Gasteiger partial charge is 0.369 e. The number of hydrogen-bond donors (Lipinski definition) is 3. The number of nitrogen functional groups attached to an aromatic ring is 1. The predicted molar refractivity (Wildman–Crippen MR) is 118 cm³/mol. The molecule has 31 heavy (non-hydrogen) atoms. The molecule has 0 aliphatic carbocycles. The molecule has 0 spiro atoms. The number of aromatic amines is 1. The first-order chi connectivity index (χ1) is 15.0. The summed E-state index contributed by atoms with van der Waals surface area (Å²) < 4.78 is 1.48. The standard InChI is InChI=1S/C22H20N8O/c1-30-12-15(7-8-18(30)31)19-20(14-5-3-2-4-6-14)28-22(24)29-21(19)27-17(23)11-16-9-10-25-13-26-16/h2-10,12-13H,11H2,1H3,(H4,23,24,27,28,29). The van der Waals surface area contributed by atoms with Gasteiger partial charge in [0.1, 0.15) is 17.7 Å². The summed E-state index contributed by atoms with van der Waals surface area (Å²) in [4.78, 5) is 31.9. The second kappa shape index (κ2) is 8.54. The number of amidine groups is 1. The van der Waals surface area contributed by atoms with Crippen molar-refractivity contribution < 1.29 is 0 Å². The highest BCUT2D eigenvalue weighted by molar-refractivity contribution is 5.84. The lowest BCUT2D eigenvalue weighted by molar-refractivity contribution is 0.861. The minimum absolute atomic E-state index is 0.0885. The fourth-order valence-corrected chi connectivity index (χ4v) is 3.17. The van der Waals surface area contributed by atoms with Crippen LogP contribution in [0.4, 0.5) is 5.95 Å². The molecule has 0 aliphatic rings. The highest BCUT2D eigenvalue weighted by Gasteiger charge is 2.15. The summed E-state index contributed by atoms with van der Waals surface area (Å²) in [7, 11) is 1.68. The fourth-order valence-electron chi connectivity index (χ4n) is 3.17. The Morgan fingerprint density at radius 3 is 2.68 bits per heavy atom. The van der Waals surface area contributed by atoms with E-state index in [4.69, 9.17) is 11.1 Å². The quantitative estimate of drug-likeness (QED) is 0.347. The summed E-state index contributed by atoms with van der Waals surface area (Å²) in [6.45, 7) is 0. The van der Waals surface area contributed by atoms with Crippen LogP contribution in [0.15, 0.2) is 77.0 Å². The van der Waals surface area contributed by atoms with E-state index in [1.807, 2.05) is 30.3 Å². The Hall–Kier alpha value is -4.40. The van der Waals surface area contributed by atoms with Crippen molar-refractivity contribution in [2.75, 3.05) is 5.73 Å². The van der Waals surface area contributed by atoms with Crippen LogP contribution in [-0.4, -0.2) is 30.3 Å². The molecule has 3 aromatic heterocycles. The second-order valence-electron chi connectivity index (χ2n) is 6.86. The number of nitrogens with zero attached hydrogens (tertiary/aromatic N) is 5. The maximum atomic E-state index is 11.9. The molecule has 0 saturated heterocycles. The molecule has 0 aliphatic heterocycles. The summed E-state index contributed by atoms with van der Waals surface area (Å²) in [5.74, 6) is 0.256. The van der Waals surface area contributed by atoms with Gasteiger partial charge in [-0.25, -0.2) is 19.9 Å². The minimum Gasteiger partial charge on any atom is -0.369 e. The molecule has 0 fully saturated rings. The highest BCUT2D eigenvalue weighted by Crippen LogP contribution is 2.27. The van der Waals surface area contributed by atoms with Gasteiger partial charge in [-0.1, -0.05) is 30.3 Å². The van der Waals surface area contributed by atoms with Gasteiger partial charge in [0, 0.05) is 43.1 Å². The third-order valence-corrected chi connectivity index (χ3v) is 4.61. The van der Waals surface area contributed by atoms with Crippen LogP contribution in [0, 0.1) is 5.41 Å². The number of aryl methyl sites for hydroxylation is 1. The topological polar surface area (TPSA) is 139 Å². The van der Waals surface area contributed by atoms with Gasteiger partial charge in [-0.15, -0.1) is 0 Å². The van der Waals surface area contributed by atoms with Crippen LogP contribution < -0.4 is 16.8 Å². The van der Waals surface area contributed by atoms with E-state index < -0.39 is 0 Å². The first kappa shape index (κ1) is 19.9. The second-order valence-corrected chi connectivity index (χ2v) is 6.86. The van der Waals surface area contributed by atoms with Crippen LogP contribution in [0.1, 0.15) is 5.69 Å². The Bertz CT molecular complexity index is 1360. The number of H-pyrrole nitrogens is 1. The molecule has 154 valence electrons. The lowest BCUT2D eigenvalue weighted by Crippen LogP contribution is -2.21. The van der Waals surface area contributed by atoms with Crippen molar-refractivity contribution in [2.45, 2.75) is 6.42 Å². The van der Waals surface area contributed by atoms with Gasteiger partial charge >= 0.3 is 0 Å². The van der Waals surface area contributed by atoms with Gasteiger partial charge in [-0.05, 0) is 12.1 Å². The van der Waals surface area contributed by atoms with Crippen molar-refractivity contribution in [2.24, 2.45) is 12.0 Å². The van der Waals surface area contributed by atoms with Gasteiger partial charge in [0.2, 0.25) is 5.56 Å². The van der Waals surface area contributed by atoms with Gasteiger partial charge < -0.3 is 15.3 Å². The number of nitrogens with two attached hydrogens (primary N) is 1. The normalized spacial score (nSPS) is 11.5. The number of anilines is 1. The Morgan fingerprint density at radius 2 is 1.97 bits per heavy atom. The van der Waals surface area contributed by atoms with E-state index in [1.165, 1.54) is 17.0 Å². The van der Waals surface area contributed by atoms with Gasteiger partial charge in [-0.2, -0.15) is 0 Å². The molecule has 9 heteroatoms. The third-order valence-electron chi connectivity index (χ3n) is 4.61. The molecule has 4 aromatic rings. The number of hydrogen-bond acceptors (Lipinski definition) is 6. The Labute approximate surface area is 177 Å². The van der Waals surface area contributed by atoms with E-state index in [0.29, 0.717) is 22.4 Å². The van der Waals surface area contributed by atoms with Crippen molar-refractivity contribution >= 4 is 11.8 Å². The number of aromatic nitrogens is 5. The molecule has 4 N–H and O–H groups in total. The molecule has 0 amide bonds. The van der Waals surface area contributed by atoms with E-state index in [2.05, 4.69) is 24.9 Å². The average molecular weight is 412 g/mol. The van der Waals surface area contributed by atoms with Crippen molar-refractivity contribution in [3.8, 4) is 22.4 Å². The van der Waals surface area contributed by atoms with E-state index in [-0.39, 0.29) is 23.8 Å². The van der Waals surface area contributed by atoms with E-state index in [1.54, 1.807) is 31.6 Å². The number of benzene rings is 1. The van der Waals surface area contributed by atoms with Crippen molar-refractivity contribution in [3.05, 3.63) is 88.8 Å². The van der Waals surface area contributed by atoms with Crippen molar-refractivity contribution in [3.63, 3.8) is 0 Å². The van der Waals surface area contributed by atoms with Crippen molar-refractivity contribution in [1.82, 2.24) is 24.5 Å². The molecule has 4 rings (SSSR count). The lowest BCUT2D eigenvalue weighted by atomic mass is 10.0. The monoisotopic (exact) mass is 412 g/mol. The smallest absolute Gasteiger partial charge is 0.250 e. The van der Waals surface area contributed by atoms with Crippen LogP contribution in [0.5, 0.6) is 0 Å². The minimum atomic E-state index is -0.132. The summed E-state index contributed by atoms with van der Waals surface area (Å²) in [5, 5.41) is 8.38. The van der Waals surface area contributed by atoms with Crippen LogP contribution in [0.25, 0.3) is 22.4 Å². The van der Waals surface area contributed by atoms with Crippen molar-refractivity contribution in [1.29, 1.82) is 5.41 Å². The zero-order valence-electron chi connectivity index (χ0n) is 16.8. The fraction of sp³-hybridized carbons (Fsp3) is 0.0909. The number of pyridine rings is 1. The zero-order chi connectivity index (χ0) is 21.8. The van der Waals surface area contributed by atoms with E-state index >= 15 is 0 Å². The molecule has 9 nitrogen and oxygen atoms in total. The van der Waals surface area contributed by atoms with Crippen LogP contribution in [0.3, 0.4) is 0 Å². The molecular formula is C22H20N8O. The molecule has 0 radical (unpaired) electrons. The highest BCUT2D eigenvalue weighted by atomic mass is 16.1. The van der Waals surface area contributed by atoms with Crippen LogP contribution in [0.2, 0.25) is 0 Å². The molecule has 1 aromatic carbocycles. The molecule has 0 saturated carbocycles. The first-order valence-corrected chi connectivity index (χ1v) is 9.50. The van der Waals surface area contributed by atoms with Gasteiger partial charge in [0.25, 0.3) is 0 Å². The SMILES string of the molecule is Cn1cc(-c2c(-c3ccccc3)nc(N)[nH]/c2=N\C(=N)Cc2ccncn2)ccc1=O. The Balaban J connectivity index is 1.93. The van der Waals surface area contributed by atoms with E-state index in [9.17, 15) is 4.79 Å².